The average Bonchev–Trinajstić information content (AvgIpc) is 2.03. The Kier molecular flexibility index (Phi) is 2.96. The first-order valence-electron chi connectivity index (χ1n) is 4.86. The molecule has 76 valence electrons. The third-order valence-corrected chi connectivity index (χ3v) is 3.08. The van der Waals surface area contributed by atoms with Crippen molar-refractivity contribution in [3.8, 4) is 0 Å². The molecule has 0 spiro atoms. The van der Waals surface area contributed by atoms with Crippen LogP contribution in [0.1, 0.15) is 39.5 Å². The molecule has 0 unspecified atom stereocenters. The number of hydrogen-bond acceptors (Lipinski definition) is 2. The number of carboxylic acid groups (broad SMARTS) is 1. The third-order valence-electron chi connectivity index (χ3n) is 3.08. The van der Waals surface area contributed by atoms with Crippen LogP contribution in [0.3, 0.4) is 0 Å². The lowest BCUT2D eigenvalue weighted by molar-refractivity contribution is -0.144. The lowest BCUT2D eigenvalue weighted by Gasteiger charge is -2.34. The van der Waals surface area contributed by atoms with Crippen molar-refractivity contribution >= 4 is 5.97 Å². The van der Waals surface area contributed by atoms with Crippen LogP contribution in [0.15, 0.2) is 0 Å². The van der Waals surface area contributed by atoms with Gasteiger partial charge in [-0.05, 0) is 45.4 Å². The van der Waals surface area contributed by atoms with E-state index in [0.717, 1.165) is 12.8 Å². The second-order valence-corrected chi connectivity index (χ2v) is 4.54. The molecule has 1 aliphatic rings. The van der Waals surface area contributed by atoms with Crippen molar-refractivity contribution in [2.75, 3.05) is 0 Å². The highest BCUT2D eigenvalue weighted by atomic mass is 16.4. The first-order valence-corrected chi connectivity index (χ1v) is 4.86. The van der Waals surface area contributed by atoms with E-state index in [-0.39, 0.29) is 11.8 Å². The molecule has 1 saturated carbocycles. The van der Waals surface area contributed by atoms with E-state index in [1.54, 1.807) is 13.8 Å². The number of aliphatic carboxylic acids is 1. The van der Waals surface area contributed by atoms with Crippen molar-refractivity contribution in [1.29, 1.82) is 0 Å². The predicted molar refractivity (Wildman–Crippen MR) is 49.4 cm³/mol. The van der Waals surface area contributed by atoms with Crippen LogP contribution in [-0.4, -0.2) is 21.8 Å². The van der Waals surface area contributed by atoms with E-state index in [0.29, 0.717) is 12.8 Å². The maximum absolute atomic E-state index is 10.6. The van der Waals surface area contributed by atoms with Gasteiger partial charge in [0.2, 0.25) is 0 Å². The fourth-order valence-electron chi connectivity index (χ4n) is 2.05. The summed E-state index contributed by atoms with van der Waals surface area (Å²) >= 11 is 0. The minimum atomic E-state index is -0.686. The first kappa shape index (κ1) is 10.5. The lowest BCUT2D eigenvalue weighted by atomic mass is 9.75. The molecule has 0 saturated heterocycles. The Labute approximate surface area is 78.8 Å². The SMILES string of the molecule is CC(C)(O)C1CCC(C(=O)O)CC1. The molecule has 1 fully saturated rings. The van der Waals surface area contributed by atoms with E-state index in [1.807, 2.05) is 0 Å². The summed E-state index contributed by atoms with van der Waals surface area (Å²) in [6.07, 6.45) is 3.09. The van der Waals surface area contributed by atoms with Crippen LogP contribution in [-0.2, 0) is 4.79 Å². The summed E-state index contributed by atoms with van der Waals surface area (Å²) in [5.74, 6) is -0.601. The summed E-state index contributed by atoms with van der Waals surface area (Å²) in [6, 6.07) is 0. The fraction of sp³-hybridized carbons (Fsp3) is 0.900. The molecule has 0 aliphatic heterocycles. The Morgan fingerprint density at radius 1 is 1.23 bits per heavy atom. The van der Waals surface area contributed by atoms with Crippen LogP contribution < -0.4 is 0 Å². The smallest absolute Gasteiger partial charge is 0.306 e. The van der Waals surface area contributed by atoms with E-state index in [1.165, 1.54) is 0 Å². The normalized spacial score (nSPS) is 30.1. The highest BCUT2D eigenvalue weighted by Crippen LogP contribution is 2.35. The van der Waals surface area contributed by atoms with Gasteiger partial charge in [-0.25, -0.2) is 0 Å². The Morgan fingerprint density at radius 3 is 2.00 bits per heavy atom. The van der Waals surface area contributed by atoms with E-state index >= 15 is 0 Å². The summed E-state index contributed by atoms with van der Waals surface area (Å²) < 4.78 is 0. The Hall–Kier alpha value is -0.570. The van der Waals surface area contributed by atoms with Gasteiger partial charge in [-0.1, -0.05) is 0 Å². The number of rotatable bonds is 2. The molecule has 1 aliphatic carbocycles. The van der Waals surface area contributed by atoms with Crippen LogP contribution in [0.2, 0.25) is 0 Å². The third kappa shape index (κ3) is 2.69. The second kappa shape index (κ2) is 3.66. The largest absolute Gasteiger partial charge is 0.481 e. The molecule has 0 atom stereocenters. The van der Waals surface area contributed by atoms with E-state index in [2.05, 4.69) is 0 Å². The Bertz CT molecular complexity index is 185. The van der Waals surface area contributed by atoms with Crippen molar-refractivity contribution in [2.45, 2.75) is 45.1 Å². The average molecular weight is 186 g/mol. The van der Waals surface area contributed by atoms with Gasteiger partial charge in [0.1, 0.15) is 0 Å². The topological polar surface area (TPSA) is 57.5 Å². The number of carbonyl (C=O) groups is 1. The van der Waals surface area contributed by atoms with Gasteiger partial charge in [0.05, 0.1) is 11.5 Å². The maximum atomic E-state index is 10.6. The molecule has 0 aromatic carbocycles. The molecule has 0 amide bonds. The zero-order chi connectivity index (χ0) is 10.1. The summed E-state index contributed by atoms with van der Waals surface area (Å²) in [6.45, 7) is 3.61. The molecule has 0 heterocycles. The summed E-state index contributed by atoms with van der Waals surface area (Å²) in [4.78, 5) is 10.6. The molecular formula is C10H18O3. The molecule has 0 aromatic rings. The molecule has 0 aromatic heterocycles. The molecule has 3 heteroatoms. The van der Waals surface area contributed by atoms with Gasteiger partial charge < -0.3 is 10.2 Å². The van der Waals surface area contributed by atoms with Gasteiger partial charge in [0, 0.05) is 0 Å². The molecule has 0 bridgehead atoms. The van der Waals surface area contributed by atoms with Crippen LogP contribution in [0.5, 0.6) is 0 Å². The van der Waals surface area contributed by atoms with Crippen LogP contribution in [0.4, 0.5) is 0 Å². The number of hydrogen-bond donors (Lipinski definition) is 2. The summed E-state index contributed by atoms with van der Waals surface area (Å²) in [5, 5.41) is 18.5. The minimum absolute atomic E-state index is 0.182. The van der Waals surface area contributed by atoms with Gasteiger partial charge in [0.15, 0.2) is 0 Å². The summed E-state index contributed by atoms with van der Waals surface area (Å²) in [5.41, 5.74) is -0.649. The first-order chi connectivity index (χ1) is 5.91. The van der Waals surface area contributed by atoms with Gasteiger partial charge in [0.25, 0.3) is 0 Å². The monoisotopic (exact) mass is 186 g/mol. The molecule has 3 nitrogen and oxygen atoms in total. The van der Waals surface area contributed by atoms with Crippen molar-refractivity contribution in [2.24, 2.45) is 11.8 Å². The number of carboxylic acids is 1. The molecular weight excluding hydrogens is 168 g/mol. The van der Waals surface area contributed by atoms with Gasteiger partial charge in [-0.2, -0.15) is 0 Å². The van der Waals surface area contributed by atoms with Crippen molar-refractivity contribution < 1.29 is 15.0 Å². The van der Waals surface area contributed by atoms with Crippen molar-refractivity contribution in [1.82, 2.24) is 0 Å². The Morgan fingerprint density at radius 2 is 1.69 bits per heavy atom. The standard InChI is InChI=1S/C10H18O3/c1-10(2,13)8-5-3-7(4-6-8)9(11)12/h7-8,13H,3-6H2,1-2H3,(H,11,12). The van der Waals surface area contributed by atoms with E-state index in [9.17, 15) is 9.90 Å². The van der Waals surface area contributed by atoms with Crippen LogP contribution >= 0.6 is 0 Å². The molecule has 2 N–H and O–H groups in total. The minimum Gasteiger partial charge on any atom is -0.481 e. The lowest BCUT2D eigenvalue weighted by Crippen LogP contribution is -2.35. The molecule has 0 radical (unpaired) electrons. The number of aliphatic hydroxyl groups is 1. The highest BCUT2D eigenvalue weighted by Gasteiger charge is 2.33. The summed E-state index contributed by atoms with van der Waals surface area (Å²) in [7, 11) is 0. The zero-order valence-electron chi connectivity index (χ0n) is 8.29. The van der Waals surface area contributed by atoms with Gasteiger partial charge in [-0.15, -0.1) is 0 Å². The van der Waals surface area contributed by atoms with Gasteiger partial charge in [-0.3, -0.25) is 4.79 Å². The van der Waals surface area contributed by atoms with Gasteiger partial charge >= 0.3 is 5.97 Å². The second-order valence-electron chi connectivity index (χ2n) is 4.54. The predicted octanol–water partition coefficient (Wildman–Crippen LogP) is 1.65. The van der Waals surface area contributed by atoms with E-state index < -0.39 is 11.6 Å². The molecule has 1 rings (SSSR count). The van der Waals surface area contributed by atoms with Crippen LogP contribution in [0.25, 0.3) is 0 Å². The van der Waals surface area contributed by atoms with Crippen molar-refractivity contribution in [3.63, 3.8) is 0 Å². The maximum Gasteiger partial charge on any atom is 0.306 e. The highest BCUT2D eigenvalue weighted by molar-refractivity contribution is 5.69. The van der Waals surface area contributed by atoms with Crippen LogP contribution in [0, 0.1) is 11.8 Å². The fourth-order valence-corrected chi connectivity index (χ4v) is 2.05. The zero-order valence-corrected chi connectivity index (χ0v) is 8.29. The molecule has 13 heavy (non-hydrogen) atoms. The quantitative estimate of drug-likeness (QED) is 0.689. The van der Waals surface area contributed by atoms with Crippen molar-refractivity contribution in [3.05, 3.63) is 0 Å². The Balaban J connectivity index is 2.44. The van der Waals surface area contributed by atoms with E-state index in [4.69, 9.17) is 5.11 Å².